The Labute approximate surface area is 187 Å². The highest BCUT2D eigenvalue weighted by molar-refractivity contribution is 7.51. The number of aryl methyl sites for hydroxylation is 1. The molecule has 10 nitrogen and oxygen atoms in total. The minimum Gasteiger partial charge on any atom is -0.373 e. The number of carbonyl (C=O) groups excluding carboxylic acids is 1. The highest BCUT2D eigenvalue weighted by atomic mass is 31.2. The molecule has 1 aromatic carbocycles. The van der Waals surface area contributed by atoms with Gasteiger partial charge in [0.1, 0.15) is 0 Å². The van der Waals surface area contributed by atoms with Crippen LogP contribution in [0.2, 0.25) is 0 Å². The predicted molar refractivity (Wildman–Crippen MR) is 109 cm³/mol. The largest absolute Gasteiger partial charge is 0.416 e. The van der Waals surface area contributed by atoms with E-state index in [1.807, 2.05) is 0 Å². The second-order valence-corrected chi connectivity index (χ2v) is 9.76. The van der Waals surface area contributed by atoms with Gasteiger partial charge in [-0.25, -0.2) is 0 Å². The lowest BCUT2D eigenvalue weighted by atomic mass is 9.87. The predicted octanol–water partition coefficient (Wildman–Crippen LogP) is 1.87. The number of hydrogen-bond donors (Lipinski definition) is 3. The van der Waals surface area contributed by atoms with Crippen LogP contribution in [-0.2, 0) is 27.7 Å². The topological polar surface area (TPSA) is 142 Å². The van der Waals surface area contributed by atoms with Gasteiger partial charge in [-0.3, -0.25) is 9.36 Å². The van der Waals surface area contributed by atoms with Gasteiger partial charge in [-0.2, -0.15) is 18.0 Å². The Morgan fingerprint density at radius 3 is 2.27 bits per heavy atom. The fourth-order valence-corrected chi connectivity index (χ4v) is 4.40. The van der Waals surface area contributed by atoms with Crippen LogP contribution in [0.4, 0.5) is 13.2 Å². The van der Waals surface area contributed by atoms with Gasteiger partial charge < -0.3 is 19.8 Å². The fourth-order valence-electron chi connectivity index (χ4n) is 3.79. The van der Waals surface area contributed by atoms with Crippen LogP contribution in [0, 0.1) is 0 Å². The molecule has 1 saturated heterocycles. The third-order valence-corrected chi connectivity index (χ3v) is 6.52. The van der Waals surface area contributed by atoms with E-state index in [1.54, 1.807) is 6.92 Å². The maximum atomic E-state index is 13.2. The molecule has 1 fully saturated rings. The standard InChI is InChI=1S/C19H25F3N5O5P/c1-2-27-24-16(23-25-27)18(29,9-12-33(30,31)32)17(28)26-10-7-14(8-11-26)13-3-5-15(6-4-13)19(20,21)22/h3-6,14,29H,2,7-12H2,1H3,(H2,30,31,32)/t18-/m0/s1. The summed E-state index contributed by atoms with van der Waals surface area (Å²) in [7, 11) is -4.52. The third-order valence-electron chi connectivity index (χ3n) is 5.72. The van der Waals surface area contributed by atoms with Crippen molar-refractivity contribution in [3.8, 4) is 0 Å². The molecule has 1 aliphatic rings. The molecule has 3 rings (SSSR count). The average Bonchev–Trinajstić information content (AvgIpc) is 3.26. The van der Waals surface area contributed by atoms with Crippen LogP contribution in [0.1, 0.15) is 49.1 Å². The van der Waals surface area contributed by atoms with Crippen molar-refractivity contribution in [3.63, 3.8) is 0 Å². The van der Waals surface area contributed by atoms with Gasteiger partial charge in [-0.15, -0.1) is 10.2 Å². The van der Waals surface area contributed by atoms with E-state index >= 15 is 0 Å². The third kappa shape index (κ3) is 5.97. The molecular formula is C19H25F3N5O5P. The molecule has 14 heteroatoms. The van der Waals surface area contributed by atoms with Crippen LogP contribution in [0.25, 0.3) is 0 Å². The number of hydrogen-bond acceptors (Lipinski definition) is 6. The molecule has 0 bridgehead atoms. The molecule has 1 aromatic heterocycles. The monoisotopic (exact) mass is 491 g/mol. The Kier molecular flexibility index (Phi) is 7.27. The summed E-state index contributed by atoms with van der Waals surface area (Å²) in [6.07, 6.45) is -4.87. The summed E-state index contributed by atoms with van der Waals surface area (Å²) < 4.78 is 49.7. The van der Waals surface area contributed by atoms with Crippen LogP contribution in [0.15, 0.2) is 24.3 Å². The number of amides is 1. The number of nitrogens with zero attached hydrogens (tertiary/aromatic N) is 5. The summed E-state index contributed by atoms with van der Waals surface area (Å²) in [5, 5.41) is 22.5. The number of benzene rings is 1. The summed E-state index contributed by atoms with van der Waals surface area (Å²) in [6.45, 7) is 2.43. The average molecular weight is 491 g/mol. The molecule has 33 heavy (non-hydrogen) atoms. The van der Waals surface area contributed by atoms with E-state index in [2.05, 4.69) is 15.4 Å². The molecule has 2 heterocycles. The van der Waals surface area contributed by atoms with Gasteiger partial charge in [0.25, 0.3) is 5.91 Å². The number of tetrazole rings is 1. The van der Waals surface area contributed by atoms with Gasteiger partial charge in [0, 0.05) is 19.5 Å². The molecule has 0 saturated carbocycles. The molecule has 0 unspecified atom stereocenters. The number of rotatable bonds is 7. The normalized spacial score (nSPS) is 17.7. The van der Waals surface area contributed by atoms with E-state index in [9.17, 15) is 37.4 Å². The molecule has 0 spiro atoms. The molecule has 3 N–H and O–H groups in total. The van der Waals surface area contributed by atoms with Crippen molar-refractivity contribution in [2.24, 2.45) is 0 Å². The van der Waals surface area contributed by atoms with E-state index in [0.29, 0.717) is 19.4 Å². The van der Waals surface area contributed by atoms with Gasteiger partial charge in [-0.1, -0.05) is 12.1 Å². The summed E-state index contributed by atoms with van der Waals surface area (Å²) in [6, 6.07) is 4.90. The lowest BCUT2D eigenvalue weighted by Crippen LogP contribution is -2.50. The maximum absolute atomic E-state index is 13.2. The highest BCUT2D eigenvalue weighted by Gasteiger charge is 2.46. The van der Waals surface area contributed by atoms with Crippen LogP contribution in [-0.4, -0.2) is 65.2 Å². The Morgan fingerprint density at radius 1 is 1.18 bits per heavy atom. The Morgan fingerprint density at radius 2 is 1.79 bits per heavy atom. The van der Waals surface area contributed by atoms with Gasteiger partial charge >= 0.3 is 13.8 Å². The zero-order chi connectivity index (χ0) is 24.4. The van der Waals surface area contributed by atoms with E-state index in [4.69, 9.17) is 0 Å². The summed E-state index contributed by atoms with van der Waals surface area (Å²) in [5.41, 5.74) is -2.38. The second kappa shape index (κ2) is 9.49. The quantitative estimate of drug-likeness (QED) is 0.499. The lowest BCUT2D eigenvalue weighted by Gasteiger charge is -2.36. The van der Waals surface area contributed by atoms with Crippen LogP contribution < -0.4 is 0 Å². The van der Waals surface area contributed by atoms with Gasteiger partial charge in [0.05, 0.1) is 18.3 Å². The van der Waals surface area contributed by atoms with Crippen molar-refractivity contribution >= 4 is 13.5 Å². The van der Waals surface area contributed by atoms with Crippen molar-refractivity contribution in [2.45, 2.75) is 50.4 Å². The van der Waals surface area contributed by atoms with E-state index < -0.39 is 43.4 Å². The number of carbonyl (C=O) groups is 1. The number of likely N-dealkylation sites (tertiary alicyclic amines) is 1. The highest BCUT2D eigenvalue weighted by Crippen LogP contribution is 2.40. The summed E-state index contributed by atoms with van der Waals surface area (Å²) in [5.74, 6) is -1.20. The van der Waals surface area contributed by atoms with E-state index in [-0.39, 0.29) is 24.8 Å². The van der Waals surface area contributed by atoms with Crippen LogP contribution in [0.5, 0.6) is 0 Å². The first kappa shape index (κ1) is 25.3. The van der Waals surface area contributed by atoms with Gasteiger partial charge in [-0.05, 0) is 48.6 Å². The first-order chi connectivity index (χ1) is 15.3. The number of alkyl halides is 3. The number of halogens is 3. The molecule has 0 radical (unpaired) electrons. The zero-order valence-corrected chi connectivity index (χ0v) is 18.7. The van der Waals surface area contributed by atoms with E-state index in [0.717, 1.165) is 22.5 Å². The Hall–Kier alpha value is -2.34. The second-order valence-electron chi connectivity index (χ2n) is 7.99. The first-order valence-corrected chi connectivity index (χ1v) is 12.1. The first-order valence-electron chi connectivity index (χ1n) is 10.4. The number of aliphatic hydroxyl groups is 1. The maximum Gasteiger partial charge on any atom is 0.416 e. The number of aromatic nitrogens is 4. The number of piperidine rings is 1. The molecule has 1 atom stereocenters. The van der Waals surface area contributed by atoms with Crippen molar-refractivity contribution in [2.75, 3.05) is 19.3 Å². The summed E-state index contributed by atoms with van der Waals surface area (Å²) in [4.78, 5) is 34.2. The van der Waals surface area contributed by atoms with Crippen LogP contribution >= 0.6 is 7.60 Å². The fraction of sp³-hybridized carbons (Fsp3) is 0.579. The van der Waals surface area contributed by atoms with Gasteiger partial charge in [0.15, 0.2) is 0 Å². The zero-order valence-electron chi connectivity index (χ0n) is 17.8. The molecule has 0 aliphatic carbocycles. The summed E-state index contributed by atoms with van der Waals surface area (Å²) >= 11 is 0. The lowest BCUT2D eigenvalue weighted by molar-refractivity contribution is -0.155. The minimum absolute atomic E-state index is 0.0707. The molecule has 1 amide bonds. The van der Waals surface area contributed by atoms with Crippen molar-refractivity contribution in [1.29, 1.82) is 0 Å². The van der Waals surface area contributed by atoms with Crippen molar-refractivity contribution in [1.82, 2.24) is 25.1 Å². The Bertz CT molecular complexity index is 1020. The van der Waals surface area contributed by atoms with Crippen molar-refractivity contribution < 1.29 is 37.4 Å². The SMILES string of the molecule is CCn1nnc([C@@](O)(CCP(=O)(O)O)C(=O)N2CCC(c3ccc(C(F)(F)F)cc3)CC2)n1. The van der Waals surface area contributed by atoms with Gasteiger partial charge in [0.2, 0.25) is 11.4 Å². The smallest absolute Gasteiger partial charge is 0.373 e. The van der Waals surface area contributed by atoms with Crippen LogP contribution in [0.3, 0.4) is 0 Å². The molecule has 2 aromatic rings. The Balaban J connectivity index is 1.73. The molecule has 182 valence electrons. The molecular weight excluding hydrogens is 466 g/mol. The van der Waals surface area contributed by atoms with E-state index in [1.165, 1.54) is 17.0 Å². The van der Waals surface area contributed by atoms with Crippen molar-refractivity contribution in [3.05, 3.63) is 41.2 Å². The molecule has 1 aliphatic heterocycles. The minimum atomic E-state index is -4.52.